The van der Waals surface area contributed by atoms with Gasteiger partial charge in [-0.15, -0.1) is 0 Å². The molecule has 32 heavy (non-hydrogen) atoms. The van der Waals surface area contributed by atoms with Crippen molar-refractivity contribution in [1.29, 1.82) is 0 Å². The molecule has 1 fully saturated rings. The number of nitrogens with zero attached hydrogens (tertiary/aromatic N) is 2. The molecule has 2 aromatic carbocycles. The van der Waals surface area contributed by atoms with Gasteiger partial charge in [-0.25, -0.2) is 4.79 Å². The number of esters is 1. The van der Waals surface area contributed by atoms with E-state index in [2.05, 4.69) is 5.32 Å². The quantitative estimate of drug-likeness (QED) is 0.694. The Morgan fingerprint density at radius 3 is 2.53 bits per heavy atom. The van der Waals surface area contributed by atoms with E-state index in [1.807, 2.05) is 17.0 Å². The molecule has 2 aliphatic rings. The number of hydrogen-bond donors (Lipinski definition) is 1. The minimum Gasteiger partial charge on any atom is -0.482 e. The molecule has 2 aliphatic heterocycles. The number of halogens is 1. The normalized spacial score (nSPS) is 17.1. The van der Waals surface area contributed by atoms with E-state index in [1.165, 1.54) is 0 Å². The second-order valence-corrected chi connectivity index (χ2v) is 8.02. The Labute approximate surface area is 191 Å². The fourth-order valence-corrected chi connectivity index (χ4v) is 4.06. The molecular formula is C23H24ClN3O5. The van der Waals surface area contributed by atoms with Gasteiger partial charge in [0.15, 0.2) is 6.61 Å². The van der Waals surface area contributed by atoms with E-state index in [0.29, 0.717) is 54.8 Å². The molecule has 0 saturated carbocycles. The number of carbonyl (C=O) groups is 3. The van der Waals surface area contributed by atoms with Crippen molar-refractivity contribution in [3.05, 3.63) is 58.6 Å². The van der Waals surface area contributed by atoms with E-state index in [1.54, 1.807) is 42.2 Å². The topological polar surface area (TPSA) is 88.2 Å². The van der Waals surface area contributed by atoms with Gasteiger partial charge in [0, 0.05) is 36.8 Å². The van der Waals surface area contributed by atoms with Crippen molar-refractivity contribution in [2.24, 2.45) is 0 Å². The zero-order valence-electron chi connectivity index (χ0n) is 17.7. The molecule has 2 aromatic rings. The number of piperazine rings is 1. The predicted molar refractivity (Wildman–Crippen MR) is 119 cm³/mol. The molecule has 1 atom stereocenters. The van der Waals surface area contributed by atoms with E-state index in [0.717, 1.165) is 5.56 Å². The molecule has 168 valence electrons. The largest absolute Gasteiger partial charge is 0.482 e. The Hall–Kier alpha value is -3.10. The highest BCUT2D eigenvalue weighted by atomic mass is 35.5. The Balaban J connectivity index is 1.45. The van der Waals surface area contributed by atoms with Crippen molar-refractivity contribution in [3.63, 3.8) is 0 Å². The minimum atomic E-state index is -0.551. The number of nitrogens with one attached hydrogen (secondary N) is 1. The lowest BCUT2D eigenvalue weighted by Gasteiger charge is -2.38. The predicted octanol–water partition coefficient (Wildman–Crippen LogP) is 2.73. The van der Waals surface area contributed by atoms with Gasteiger partial charge in [-0.3, -0.25) is 14.5 Å². The molecule has 1 saturated heterocycles. The average molecular weight is 458 g/mol. The lowest BCUT2D eigenvalue weighted by Crippen LogP contribution is -2.51. The van der Waals surface area contributed by atoms with Gasteiger partial charge in [-0.2, -0.15) is 0 Å². The third kappa shape index (κ3) is 4.71. The van der Waals surface area contributed by atoms with Gasteiger partial charge in [0.25, 0.3) is 11.8 Å². The first-order chi connectivity index (χ1) is 15.5. The Morgan fingerprint density at radius 1 is 1.12 bits per heavy atom. The van der Waals surface area contributed by atoms with Crippen LogP contribution < -0.4 is 10.1 Å². The van der Waals surface area contributed by atoms with Crippen LogP contribution in [0.4, 0.5) is 5.69 Å². The van der Waals surface area contributed by atoms with Crippen molar-refractivity contribution in [2.45, 2.75) is 13.0 Å². The van der Waals surface area contributed by atoms with E-state index < -0.39 is 6.04 Å². The van der Waals surface area contributed by atoms with Gasteiger partial charge in [0.05, 0.1) is 12.3 Å². The molecule has 0 radical (unpaired) electrons. The molecule has 2 heterocycles. The Morgan fingerprint density at radius 2 is 1.84 bits per heavy atom. The highest BCUT2D eigenvalue weighted by Gasteiger charge is 2.33. The summed E-state index contributed by atoms with van der Waals surface area (Å²) in [5.74, 6) is -0.167. The van der Waals surface area contributed by atoms with Crippen LogP contribution in [0.2, 0.25) is 5.02 Å². The summed E-state index contributed by atoms with van der Waals surface area (Å²) in [5, 5.41) is 3.31. The summed E-state index contributed by atoms with van der Waals surface area (Å²) in [6, 6.07) is 11.6. The van der Waals surface area contributed by atoms with E-state index in [9.17, 15) is 14.4 Å². The average Bonchev–Trinajstić information content (AvgIpc) is 2.80. The summed E-state index contributed by atoms with van der Waals surface area (Å²) in [6.45, 7) is 3.99. The third-order valence-electron chi connectivity index (χ3n) is 5.52. The molecule has 0 aliphatic carbocycles. The maximum atomic E-state index is 13.0. The summed E-state index contributed by atoms with van der Waals surface area (Å²) >= 11 is 6.00. The van der Waals surface area contributed by atoms with Crippen LogP contribution in [0, 0.1) is 0 Å². The number of ether oxygens (including phenoxy) is 2. The van der Waals surface area contributed by atoms with Crippen LogP contribution in [0.5, 0.6) is 5.75 Å². The molecule has 0 spiro atoms. The lowest BCUT2D eigenvalue weighted by atomic mass is 10.0. The third-order valence-corrected chi connectivity index (χ3v) is 5.78. The van der Waals surface area contributed by atoms with Gasteiger partial charge < -0.3 is 19.7 Å². The molecule has 1 unspecified atom stereocenters. The SMILES string of the molecule is CCOC(=O)C(c1ccc(Cl)cc1)N1CCN(C(=O)c2ccc3c(c2)OCC(=O)N3)CC1. The minimum absolute atomic E-state index is 0.0662. The molecule has 8 nitrogen and oxygen atoms in total. The van der Waals surface area contributed by atoms with Crippen LogP contribution >= 0.6 is 11.6 Å². The second-order valence-electron chi connectivity index (χ2n) is 7.58. The zero-order valence-corrected chi connectivity index (χ0v) is 18.4. The highest BCUT2D eigenvalue weighted by molar-refractivity contribution is 6.30. The number of benzene rings is 2. The van der Waals surface area contributed by atoms with Gasteiger partial charge >= 0.3 is 5.97 Å². The number of carbonyl (C=O) groups excluding carboxylic acids is 3. The smallest absolute Gasteiger partial charge is 0.328 e. The number of hydrogen-bond acceptors (Lipinski definition) is 6. The number of amides is 2. The molecule has 0 aromatic heterocycles. The Bertz CT molecular complexity index is 1020. The van der Waals surface area contributed by atoms with Gasteiger partial charge in [0.1, 0.15) is 11.8 Å². The maximum absolute atomic E-state index is 13.0. The van der Waals surface area contributed by atoms with Crippen LogP contribution in [0.1, 0.15) is 28.9 Å². The highest BCUT2D eigenvalue weighted by Crippen LogP contribution is 2.30. The Kier molecular flexibility index (Phi) is 6.62. The van der Waals surface area contributed by atoms with Crippen molar-refractivity contribution in [3.8, 4) is 5.75 Å². The van der Waals surface area contributed by atoms with Crippen molar-refractivity contribution < 1.29 is 23.9 Å². The van der Waals surface area contributed by atoms with E-state index >= 15 is 0 Å². The van der Waals surface area contributed by atoms with Gasteiger partial charge in [-0.1, -0.05) is 23.7 Å². The van der Waals surface area contributed by atoms with Gasteiger partial charge in [-0.05, 0) is 42.8 Å². The first kappa shape index (κ1) is 22.1. The standard InChI is InChI=1S/C23H24ClN3O5/c1-2-31-23(30)21(15-3-6-17(24)7-4-15)26-9-11-27(12-10-26)22(29)16-5-8-18-19(13-16)32-14-20(28)25-18/h3-8,13,21H,2,9-12,14H2,1H3,(H,25,28). The fourth-order valence-electron chi connectivity index (χ4n) is 3.94. The molecule has 4 rings (SSSR count). The number of fused-ring (bicyclic) bond motifs is 1. The summed E-state index contributed by atoms with van der Waals surface area (Å²) in [5.41, 5.74) is 1.86. The number of rotatable bonds is 5. The van der Waals surface area contributed by atoms with Crippen LogP contribution in [-0.2, 0) is 14.3 Å². The fraction of sp³-hybridized carbons (Fsp3) is 0.348. The lowest BCUT2D eigenvalue weighted by molar-refractivity contribution is -0.150. The van der Waals surface area contributed by atoms with Crippen LogP contribution in [0.3, 0.4) is 0 Å². The van der Waals surface area contributed by atoms with Gasteiger partial charge in [0.2, 0.25) is 0 Å². The first-order valence-corrected chi connectivity index (χ1v) is 10.9. The van der Waals surface area contributed by atoms with Crippen LogP contribution in [0.25, 0.3) is 0 Å². The van der Waals surface area contributed by atoms with Crippen molar-refractivity contribution in [1.82, 2.24) is 9.80 Å². The molecule has 2 amide bonds. The summed E-state index contributed by atoms with van der Waals surface area (Å²) < 4.78 is 10.7. The summed E-state index contributed by atoms with van der Waals surface area (Å²) in [4.78, 5) is 40.9. The summed E-state index contributed by atoms with van der Waals surface area (Å²) in [7, 11) is 0. The second kappa shape index (κ2) is 9.58. The maximum Gasteiger partial charge on any atom is 0.328 e. The molecule has 9 heteroatoms. The van der Waals surface area contributed by atoms with E-state index in [-0.39, 0.29) is 24.4 Å². The molecular weight excluding hydrogens is 434 g/mol. The summed E-state index contributed by atoms with van der Waals surface area (Å²) in [6.07, 6.45) is 0. The molecule has 1 N–H and O–H groups in total. The monoisotopic (exact) mass is 457 g/mol. The zero-order chi connectivity index (χ0) is 22.7. The molecule has 0 bridgehead atoms. The van der Waals surface area contributed by atoms with Crippen LogP contribution in [-0.4, -0.2) is 67.0 Å². The van der Waals surface area contributed by atoms with E-state index in [4.69, 9.17) is 21.1 Å². The van der Waals surface area contributed by atoms with Crippen molar-refractivity contribution in [2.75, 3.05) is 44.7 Å². The first-order valence-electron chi connectivity index (χ1n) is 10.5. The number of anilines is 1. The van der Waals surface area contributed by atoms with Crippen LogP contribution in [0.15, 0.2) is 42.5 Å². The van der Waals surface area contributed by atoms with Crippen molar-refractivity contribution >= 4 is 35.1 Å².